The molecule has 5 aromatic rings. The van der Waals surface area contributed by atoms with Gasteiger partial charge in [-0.3, -0.25) is 14.5 Å². The average Bonchev–Trinajstić information content (AvgIpc) is 3.33. The molecule has 1 fully saturated rings. The standard InChI is InChI=1S/C33H35N5O3/c39-32-35-30-14-6-7-15-31(30)38(32)27-17-20-37(33(40)41)26(21-27)11-8-19-36(22-24-9-2-1-3-10-24)23-25-16-18-34-29-13-5-4-12-28(25)29/h1-7,9-10,12-16,18,26-27H,8,11,17,19-23H2,(H,35,39)(H,40,41)/t26-,27?/m0/s1. The lowest BCUT2D eigenvalue weighted by molar-refractivity contribution is 0.0853. The molecule has 41 heavy (non-hydrogen) atoms. The Morgan fingerprint density at radius 3 is 2.61 bits per heavy atom. The zero-order valence-corrected chi connectivity index (χ0v) is 23.0. The van der Waals surface area contributed by atoms with E-state index < -0.39 is 6.09 Å². The molecule has 0 spiro atoms. The van der Waals surface area contributed by atoms with Gasteiger partial charge in [0, 0.05) is 43.3 Å². The van der Waals surface area contributed by atoms with Crippen molar-refractivity contribution >= 4 is 28.0 Å². The smallest absolute Gasteiger partial charge is 0.407 e. The first kappa shape index (κ1) is 26.8. The Bertz CT molecular complexity index is 1690. The van der Waals surface area contributed by atoms with Gasteiger partial charge in [-0.25, -0.2) is 9.59 Å². The van der Waals surface area contributed by atoms with E-state index in [1.165, 1.54) is 11.1 Å². The highest BCUT2D eigenvalue weighted by Crippen LogP contribution is 2.31. The summed E-state index contributed by atoms with van der Waals surface area (Å²) in [6, 6.07) is 28.3. The molecule has 1 unspecified atom stereocenters. The third-order valence-electron chi connectivity index (χ3n) is 8.32. The SMILES string of the molecule is O=C(O)N1CCC(n2c(=O)[nH]c3ccccc32)C[C@@H]1CCCN(Cc1ccccc1)Cc1ccnc2ccccc12. The van der Waals surface area contributed by atoms with E-state index in [9.17, 15) is 14.7 Å². The number of hydrogen-bond donors (Lipinski definition) is 2. The highest BCUT2D eigenvalue weighted by Gasteiger charge is 2.33. The number of hydrogen-bond acceptors (Lipinski definition) is 4. The first-order valence-electron chi connectivity index (χ1n) is 14.3. The number of amides is 1. The highest BCUT2D eigenvalue weighted by molar-refractivity contribution is 5.81. The number of fused-ring (bicyclic) bond motifs is 2. The van der Waals surface area contributed by atoms with Crippen molar-refractivity contribution in [1.82, 2.24) is 24.3 Å². The second-order valence-electron chi connectivity index (χ2n) is 11.0. The van der Waals surface area contributed by atoms with Crippen molar-refractivity contribution in [3.8, 4) is 0 Å². The van der Waals surface area contributed by atoms with Gasteiger partial charge in [0.15, 0.2) is 0 Å². The van der Waals surface area contributed by atoms with Gasteiger partial charge in [0.2, 0.25) is 0 Å². The number of carbonyl (C=O) groups is 1. The lowest BCUT2D eigenvalue weighted by Crippen LogP contribution is -2.47. The lowest BCUT2D eigenvalue weighted by atomic mass is 9.93. The van der Waals surface area contributed by atoms with Crippen molar-refractivity contribution in [3.63, 3.8) is 0 Å². The van der Waals surface area contributed by atoms with Gasteiger partial charge in [0.05, 0.1) is 16.6 Å². The molecule has 1 saturated heterocycles. The Hall–Kier alpha value is -4.43. The Morgan fingerprint density at radius 1 is 0.976 bits per heavy atom. The molecule has 0 aliphatic carbocycles. The molecule has 3 aromatic carbocycles. The normalized spacial score (nSPS) is 17.4. The maximum atomic E-state index is 12.9. The molecule has 2 N–H and O–H groups in total. The van der Waals surface area contributed by atoms with Gasteiger partial charge >= 0.3 is 11.8 Å². The van der Waals surface area contributed by atoms with Gasteiger partial charge < -0.3 is 15.0 Å². The number of aromatic nitrogens is 3. The number of benzene rings is 3. The average molecular weight is 550 g/mol. The number of rotatable bonds is 9. The summed E-state index contributed by atoms with van der Waals surface area (Å²) in [7, 11) is 0. The minimum Gasteiger partial charge on any atom is -0.465 e. The fraction of sp³-hybridized carbons (Fsp3) is 0.303. The minimum absolute atomic E-state index is 0.0390. The Balaban J connectivity index is 1.19. The van der Waals surface area contributed by atoms with E-state index in [0.29, 0.717) is 19.4 Å². The van der Waals surface area contributed by atoms with Crippen molar-refractivity contribution in [2.75, 3.05) is 13.1 Å². The number of aromatic amines is 1. The molecular weight excluding hydrogens is 514 g/mol. The van der Waals surface area contributed by atoms with Crippen LogP contribution in [0.5, 0.6) is 0 Å². The van der Waals surface area contributed by atoms with Crippen LogP contribution < -0.4 is 5.69 Å². The van der Waals surface area contributed by atoms with E-state index in [-0.39, 0.29) is 17.8 Å². The number of pyridine rings is 1. The van der Waals surface area contributed by atoms with Crippen LogP contribution >= 0.6 is 0 Å². The summed E-state index contributed by atoms with van der Waals surface area (Å²) in [6.07, 6.45) is 3.82. The Labute approximate surface area is 238 Å². The van der Waals surface area contributed by atoms with Crippen molar-refractivity contribution in [2.45, 2.75) is 50.9 Å². The van der Waals surface area contributed by atoms with Gasteiger partial charge in [0.25, 0.3) is 0 Å². The first-order chi connectivity index (χ1) is 20.1. The van der Waals surface area contributed by atoms with E-state index in [0.717, 1.165) is 54.4 Å². The summed E-state index contributed by atoms with van der Waals surface area (Å²) in [6.45, 7) is 2.83. The van der Waals surface area contributed by atoms with Gasteiger partial charge in [-0.15, -0.1) is 0 Å². The predicted octanol–water partition coefficient (Wildman–Crippen LogP) is 6.04. The Morgan fingerprint density at radius 2 is 1.76 bits per heavy atom. The number of imidazole rings is 1. The fourth-order valence-corrected chi connectivity index (χ4v) is 6.37. The van der Waals surface area contributed by atoms with Crippen LogP contribution in [0.15, 0.2) is 95.9 Å². The van der Waals surface area contributed by atoms with Crippen LogP contribution in [0.3, 0.4) is 0 Å². The number of H-pyrrole nitrogens is 1. The van der Waals surface area contributed by atoms with Crippen LogP contribution in [0.1, 0.15) is 42.9 Å². The second kappa shape index (κ2) is 12.0. The van der Waals surface area contributed by atoms with Crippen LogP contribution in [0.25, 0.3) is 21.9 Å². The number of nitrogens with zero attached hydrogens (tertiary/aromatic N) is 4. The first-order valence-corrected chi connectivity index (χ1v) is 14.3. The molecule has 3 heterocycles. The van der Waals surface area contributed by atoms with E-state index in [1.807, 2.05) is 59.3 Å². The Kier molecular flexibility index (Phi) is 7.82. The topological polar surface area (TPSA) is 94.5 Å². The molecule has 2 aromatic heterocycles. The molecular formula is C33H35N5O3. The fourth-order valence-electron chi connectivity index (χ4n) is 6.37. The molecule has 0 radical (unpaired) electrons. The molecule has 0 saturated carbocycles. The third kappa shape index (κ3) is 5.88. The zero-order chi connectivity index (χ0) is 28.2. The number of para-hydroxylation sites is 3. The monoisotopic (exact) mass is 549 g/mol. The second-order valence-corrected chi connectivity index (χ2v) is 11.0. The molecule has 2 atom stereocenters. The van der Waals surface area contributed by atoms with Crippen LogP contribution in [0.2, 0.25) is 0 Å². The van der Waals surface area contributed by atoms with Gasteiger partial charge in [-0.1, -0.05) is 60.7 Å². The molecule has 0 bridgehead atoms. The maximum absolute atomic E-state index is 12.9. The number of piperidine rings is 1. The molecule has 1 aliphatic rings. The summed E-state index contributed by atoms with van der Waals surface area (Å²) in [4.78, 5) is 36.5. The van der Waals surface area contributed by atoms with Gasteiger partial charge in [0.1, 0.15) is 0 Å². The highest BCUT2D eigenvalue weighted by atomic mass is 16.4. The van der Waals surface area contributed by atoms with Crippen LogP contribution in [-0.2, 0) is 13.1 Å². The maximum Gasteiger partial charge on any atom is 0.407 e. The summed E-state index contributed by atoms with van der Waals surface area (Å²) in [5, 5.41) is 11.1. The zero-order valence-electron chi connectivity index (χ0n) is 23.0. The quantitative estimate of drug-likeness (QED) is 0.234. The minimum atomic E-state index is -0.885. The van der Waals surface area contributed by atoms with Crippen molar-refractivity contribution in [2.24, 2.45) is 0 Å². The van der Waals surface area contributed by atoms with E-state index in [4.69, 9.17) is 0 Å². The van der Waals surface area contributed by atoms with E-state index in [2.05, 4.69) is 51.3 Å². The summed E-state index contributed by atoms with van der Waals surface area (Å²) < 4.78 is 1.83. The largest absolute Gasteiger partial charge is 0.465 e. The van der Waals surface area contributed by atoms with Crippen molar-refractivity contribution in [1.29, 1.82) is 0 Å². The predicted molar refractivity (Wildman–Crippen MR) is 161 cm³/mol. The molecule has 8 heteroatoms. The molecule has 6 rings (SSSR count). The van der Waals surface area contributed by atoms with E-state index >= 15 is 0 Å². The number of carboxylic acid groups (broad SMARTS) is 1. The van der Waals surface area contributed by atoms with Crippen LogP contribution in [-0.4, -0.2) is 54.7 Å². The molecule has 210 valence electrons. The molecule has 1 amide bonds. The molecule has 1 aliphatic heterocycles. The van der Waals surface area contributed by atoms with Crippen molar-refractivity contribution < 1.29 is 9.90 Å². The summed E-state index contributed by atoms with van der Waals surface area (Å²) in [5.74, 6) is 0. The van der Waals surface area contributed by atoms with Crippen molar-refractivity contribution in [3.05, 3.63) is 113 Å². The number of nitrogens with one attached hydrogen (secondary N) is 1. The van der Waals surface area contributed by atoms with Crippen LogP contribution in [0.4, 0.5) is 4.79 Å². The summed E-state index contributed by atoms with van der Waals surface area (Å²) in [5.41, 5.74) is 5.03. The summed E-state index contributed by atoms with van der Waals surface area (Å²) >= 11 is 0. The van der Waals surface area contributed by atoms with E-state index in [1.54, 1.807) is 4.90 Å². The third-order valence-corrected chi connectivity index (χ3v) is 8.32. The molecule has 8 nitrogen and oxygen atoms in total. The lowest BCUT2D eigenvalue weighted by Gasteiger charge is -2.38. The number of likely N-dealkylation sites (tertiary alicyclic amines) is 1. The van der Waals surface area contributed by atoms with Gasteiger partial charge in [-0.05, 0) is 67.6 Å². The van der Waals surface area contributed by atoms with Gasteiger partial charge in [-0.2, -0.15) is 0 Å². The van der Waals surface area contributed by atoms with Crippen LogP contribution in [0, 0.1) is 0 Å².